The molecular weight excluding hydrogens is 511 g/mol. The Morgan fingerprint density at radius 1 is 0.919 bits per heavy atom. The Morgan fingerprint density at radius 3 is 2.16 bits per heavy atom. The van der Waals surface area contributed by atoms with Gasteiger partial charge in [0.25, 0.3) is 0 Å². The first-order chi connectivity index (χ1) is 17.6. The molecule has 1 amide bonds. The second-order valence-electron chi connectivity index (χ2n) is 8.99. The Morgan fingerprint density at radius 2 is 1.54 bits per heavy atom. The molecule has 2 aliphatic rings. The summed E-state index contributed by atoms with van der Waals surface area (Å²) in [5, 5.41) is 0. The van der Waals surface area contributed by atoms with Crippen LogP contribution in [0.15, 0.2) is 72.1 Å². The highest BCUT2D eigenvalue weighted by Gasteiger charge is 2.50. The fraction of sp³-hybridized carbons (Fsp3) is 0.423. The van der Waals surface area contributed by atoms with E-state index in [9.17, 15) is 26.4 Å². The molecule has 37 heavy (non-hydrogen) atoms. The lowest BCUT2D eigenvalue weighted by Gasteiger charge is -2.30. The van der Waals surface area contributed by atoms with E-state index in [-0.39, 0.29) is 38.0 Å². The lowest BCUT2D eigenvalue weighted by atomic mass is 9.83. The van der Waals surface area contributed by atoms with Crippen LogP contribution in [0.1, 0.15) is 49.1 Å². The standard InChI is InChI=1S/C26H28F3NO6S/c27-26(28,29)37(32,33)36-24-15-16-30(25(31)35-17-19-7-3-1-4-8-19)23(24)18-34-22-13-11-21(12-14-22)20-9-5-2-6-10-20/h1-10,21-22H,11-18H2/t21-,22+. The number of amides is 1. The van der Waals surface area contributed by atoms with Gasteiger partial charge in [-0.2, -0.15) is 21.6 Å². The third kappa shape index (κ3) is 6.84. The molecule has 7 nitrogen and oxygen atoms in total. The zero-order chi connectivity index (χ0) is 26.5. The fourth-order valence-electron chi connectivity index (χ4n) is 4.55. The van der Waals surface area contributed by atoms with Crippen LogP contribution in [-0.2, 0) is 30.4 Å². The molecule has 2 aromatic rings. The topological polar surface area (TPSA) is 82.1 Å². The van der Waals surface area contributed by atoms with Crippen molar-refractivity contribution in [2.24, 2.45) is 0 Å². The van der Waals surface area contributed by atoms with Crippen molar-refractivity contribution in [3.63, 3.8) is 0 Å². The first-order valence-corrected chi connectivity index (χ1v) is 13.4. The van der Waals surface area contributed by atoms with Gasteiger partial charge in [-0.15, -0.1) is 0 Å². The van der Waals surface area contributed by atoms with Crippen molar-refractivity contribution in [3.8, 4) is 0 Å². The van der Waals surface area contributed by atoms with Crippen molar-refractivity contribution < 1.29 is 40.0 Å². The predicted octanol–water partition coefficient (Wildman–Crippen LogP) is 5.85. The number of halogens is 3. The number of benzene rings is 2. The minimum absolute atomic E-state index is 0.0507. The van der Waals surface area contributed by atoms with Crippen LogP contribution < -0.4 is 0 Å². The molecule has 1 saturated carbocycles. The summed E-state index contributed by atoms with van der Waals surface area (Å²) in [6, 6.07) is 19.0. The van der Waals surface area contributed by atoms with Crippen LogP contribution >= 0.6 is 0 Å². The number of carbonyl (C=O) groups excluding carboxylic acids is 1. The third-order valence-electron chi connectivity index (χ3n) is 6.53. The number of hydrogen-bond acceptors (Lipinski definition) is 6. The maximum absolute atomic E-state index is 13.0. The van der Waals surface area contributed by atoms with E-state index in [2.05, 4.69) is 16.3 Å². The molecule has 2 aromatic carbocycles. The average Bonchev–Trinajstić information content (AvgIpc) is 3.28. The van der Waals surface area contributed by atoms with Gasteiger partial charge < -0.3 is 13.7 Å². The fourth-order valence-corrected chi connectivity index (χ4v) is 5.09. The number of alkyl halides is 3. The van der Waals surface area contributed by atoms with E-state index in [4.69, 9.17) is 9.47 Å². The molecule has 11 heteroatoms. The SMILES string of the molecule is O=C(OCc1ccccc1)N1CCC(OS(=O)(=O)C(F)(F)F)=C1CO[C@H]1CC[C@@H](c2ccccc2)CC1. The summed E-state index contributed by atoms with van der Waals surface area (Å²) in [5.41, 5.74) is -3.69. The van der Waals surface area contributed by atoms with Gasteiger partial charge in [0, 0.05) is 13.0 Å². The van der Waals surface area contributed by atoms with Crippen molar-refractivity contribution in [1.82, 2.24) is 4.90 Å². The molecule has 0 unspecified atom stereocenters. The van der Waals surface area contributed by atoms with E-state index in [1.54, 1.807) is 24.3 Å². The lowest BCUT2D eigenvalue weighted by Crippen LogP contribution is -2.32. The van der Waals surface area contributed by atoms with Gasteiger partial charge in [-0.05, 0) is 42.7 Å². The molecule has 1 aliphatic carbocycles. The predicted molar refractivity (Wildman–Crippen MR) is 128 cm³/mol. The van der Waals surface area contributed by atoms with Gasteiger partial charge in [-0.1, -0.05) is 60.7 Å². The van der Waals surface area contributed by atoms with Crippen LogP contribution in [0.5, 0.6) is 0 Å². The second kappa shape index (κ2) is 11.6. The van der Waals surface area contributed by atoms with E-state index >= 15 is 0 Å². The molecule has 1 aliphatic heterocycles. The van der Waals surface area contributed by atoms with Crippen molar-refractivity contribution in [1.29, 1.82) is 0 Å². The largest absolute Gasteiger partial charge is 0.534 e. The highest BCUT2D eigenvalue weighted by Crippen LogP contribution is 2.36. The van der Waals surface area contributed by atoms with Gasteiger partial charge in [0.2, 0.25) is 0 Å². The monoisotopic (exact) mass is 539 g/mol. The average molecular weight is 540 g/mol. The highest BCUT2D eigenvalue weighted by molar-refractivity contribution is 7.87. The maximum atomic E-state index is 13.0. The molecule has 4 rings (SSSR count). The molecule has 1 fully saturated rings. The van der Waals surface area contributed by atoms with Crippen molar-refractivity contribution >= 4 is 16.2 Å². The molecule has 200 valence electrons. The van der Waals surface area contributed by atoms with Crippen LogP contribution in [0.25, 0.3) is 0 Å². The van der Waals surface area contributed by atoms with Gasteiger partial charge in [0.15, 0.2) is 0 Å². The number of carbonyl (C=O) groups is 1. The number of nitrogens with zero attached hydrogens (tertiary/aromatic N) is 1. The first-order valence-electron chi connectivity index (χ1n) is 12.0. The molecule has 0 radical (unpaired) electrons. The van der Waals surface area contributed by atoms with Gasteiger partial charge >= 0.3 is 21.7 Å². The third-order valence-corrected chi connectivity index (χ3v) is 7.52. The Labute approximate surface area is 213 Å². The molecule has 0 aromatic heterocycles. The zero-order valence-corrected chi connectivity index (χ0v) is 20.8. The minimum atomic E-state index is -5.89. The summed E-state index contributed by atoms with van der Waals surface area (Å²) in [6.45, 7) is -0.412. The summed E-state index contributed by atoms with van der Waals surface area (Å²) >= 11 is 0. The van der Waals surface area contributed by atoms with Crippen LogP contribution in [0, 0.1) is 0 Å². The molecule has 0 saturated heterocycles. The van der Waals surface area contributed by atoms with E-state index < -0.39 is 27.5 Å². The van der Waals surface area contributed by atoms with Gasteiger partial charge in [-0.3, -0.25) is 4.90 Å². The highest BCUT2D eigenvalue weighted by atomic mass is 32.2. The summed E-state index contributed by atoms with van der Waals surface area (Å²) in [7, 11) is -5.89. The summed E-state index contributed by atoms with van der Waals surface area (Å²) in [4.78, 5) is 13.9. The number of ether oxygens (including phenoxy) is 2. The molecule has 1 heterocycles. The smallest absolute Gasteiger partial charge is 0.444 e. The van der Waals surface area contributed by atoms with E-state index in [1.807, 2.05) is 24.3 Å². The second-order valence-corrected chi connectivity index (χ2v) is 10.5. The summed E-state index contributed by atoms with van der Waals surface area (Å²) in [5.74, 6) is -0.0704. The van der Waals surface area contributed by atoms with Crippen molar-refractivity contribution in [2.75, 3.05) is 13.2 Å². The van der Waals surface area contributed by atoms with Crippen molar-refractivity contribution in [2.45, 2.75) is 56.2 Å². The van der Waals surface area contributed by atoms with Gasteiger partial charge in [0.1, 0.15) is 12.4 Å². The van der Waals surface area contributed by atoms with E-state index in [1.165, 1.54) is 5.56 Å². The quantitative estimate of drug-likeness (QED) is 0.309. The van der Waals surface area contributed by atoms with Gasteiger partial charge in [0.05, 0.1) is 18.4 Å². The van der Waals surface area contributed by atoms with Gasteiger partial charge in [-0.25, -0.2) is 4.79 Å². The normalized spacial score (nSPS) is 20.7. The summed E-state index contributed by atoms with van der Waals surface area (Å²) < 4.78 is 77.9. The molecular formula is C26H28F3NO6S. The van der Waals surface area contributed by atoms with E-state index in [0.29, 0.717) is 5.92 Å². The molecule has 0 atom stereocenters. The Hall–Kier alpha value is -3.05. The van der Waals surface area contributed by atoms with E-state index in [0.717, 1.165) is 36.1 Å². The van der Waals surface area contributed by atoms with Crippen LogP contribution in [0.2, 0.25) is 0 Å². The lowest BCUT2D eigenvalue weighted by molar-refractivity contribution is -0.0524. The van der Waals surface area contributed by atoms with Crippen molar-refractivity contribution in [3.05, 3.63) is 83.2 Å². The Bertz CT molecular complexity index is 1190. The first kappa shape index (κ1) is 27.0. The number of rotatable bonds is 8. The minimum Gasteiger partial charge on any atom is -0.444 e. The van der Waals surface area contributed by atoms with Crippen LogP contribution in [0.3, 0.4) is 0 Å². The Kier molecular flexibility index (Phi) is 8.43. The summed E-state index contributed by atoms with van der Waals surface area (Å²) in [6.07, 6.45) is 1.99. The number of hydrogen-bond donors (Lipinski definition) is 0. The van der Waals surface area contributed by atoms with Crippen LogP contribution in [-0.4, -0.2) is 44.2 Å². The zero-order valence-electron chi connectivity index (χ0n) is 20.0. The Balaban J connectivity index is 1.43. The maximum Gasteiger partial charge on any atom is 0.534 e. The van der Waals surface area contributed by atoms with Crippen LogP contribution in [0.4, 0.5) is 18.0 Å². The molecule has 0 bridgehead atoms. The molecule has 0 spiro atoms. The molecule has 0 N–H and O–H groups in total.